The number of halogens is 1. The van der Waals surface area contributed by atoms with Crippen LogP contribution in [0, 0.1) is 5.82 Å². The highest BCUT2D eigenvalue weighted by atomic mass is 32.2. The lowest BCUT2D eigenvalue weighted by Gasteiger charge is -2.15. The Balaban J connectivity index is 2.93. The molecule has 0 aliphatic carbocycles. The molecule has 0 aliphatic heterocycles. The van der Waals surface area contributed by atoms with Gasteiger partial charge in [0.2, 0.25) is 10.0 Å². The first-order chi connectivity index (χ1) is 9.40. The quantitative estimate of drug-likeness (QED) is 0.758. The molecule has 0 radical (unpaired) electrons. The van der Waals surface area contributed by atoms with E-state index in [1.54, 1.807) is 20.0 Å². The minimum Gasteiger partial charge on any atom is -0.380 e. The van der Waals surface area contributed by atoms with E-state index in [2.05, 4.69) is 10.0 Å². The summed E-state index contributed by atoms with van der Waals surface area (Å²) in [6.45, 7) is 4.70. The normalized spacial score (nSPS) is 13.4. The largest absolute Gasteiger partial charge is 0.380 e. The van der Waals surface area contributed by atoms with E-state index in [4.69, 9.17) is 4.74 Å². The molecule has 0 spiro atoms. The Morgan fingerprint density at radius 2 is 2.10 bits per heavy atom. The number of hydrogen-bond acceptors (Lipinski definition) is 4. The predicted molar refractivity (Wildman–Crippen MR) is 75.4 cm³/mol. The van der Waals surface area contributed by atoms with Gasteiger partial charge in [-0.25, -0.2) is 17.5 Å². The molecule has 1 aromatic rings. The average molecular weight is 304 g/mol. The average Bonchev–Trinajstić information content (AvgIpc) is 2.38. The van der Waals surface area contributed by atoms with Crippen LogP contribution >= 0.6 is 0 Å². The molecule has 0 amide bonds. The molecular weight excluding hydrogens is 283 g/mol. The first-order valence-corrected chi connectivity index (χ1v) is 7.92. The van der Waals surface area contributed by atoms with Crippen molar-refractivity contribution in [3.63, 3.8) is 0 Å². The lowest BCUT2D eigenvalue weighted by atomic mass is 10.2. The Labute approximate surface area is 119 Å². The maximum absolute atomic E-state index is 13.7. The van der Waals surface area contributed by atoms with Crippen molar-refractivity contribution in [2.24, 2.45) is 0 Å². The van der Waals surface area contributed by atoms with Crippen LogP contribution in [0.3, 0.4) is 0 Å². The summed E-state index contributed by atoms with van der Waals surface area (Å²) in [6.07, 6.45) is 0. The van der Waals surface area contributed by atoms with E-state index in [0.29, 0.717) is 18.7 Å². The van der Waals surface area contributed by atoms with Crippen LogP contribution in [0.2, 0.25) is 0 Å². The second-order valence-electron chi connectivity index (χ2n) is 4.48. The molecule has 1 rings (SSSR count). The molecule has 1 atom stereocenters. The van der Waals surface area contributed by atoms with E-state index in [9.17, 15) is 12.8 Å². The summed E-state index contributed by atoms with van der Waals surface area (Å²) in [6, 6.07) is 3.62. The highest BCUT2D eigenvalue weighted by Gasteiger charge is 2.21. The highest BCUT2D eigenvalue weighted by Crippen LogP contribution is 2.16. The molecule has 1 unspecified atom stereocenters. The van der Waals surface area contributed by atoms with Gasteiger partial charge in [0.05, 0.1) is 6.61 Å². The van der Waals surface area contributed by atoms with E-state index < -0.39 is 21.9 Å². The third kappa shape index (κ3) is 4.82. The van der Waals surface area contributed by atoms with Crippen LogP contribution in [-0.2, 0) is 21.3 Å². The smallest absolute Gasteiger partial charge is 0.243 e. The summed E-state index contributed by atoms with van der Waals surface area (Å²) in [4.78, 5) is -0.339. The zero-order valence-corrected chi connectivity index (χ0v) is 12.8. The zero-order valence-electron chi connectivity index (χ0n) is 11.9. The van der Waals surface area contributed by atoms with Gasteiger partial charge in [-0.05, 0) is 38.6 Å². The summed E-state index contributed by atoms with van der Waals surface area (Å²) in [5.74, 6) is -0.763. The van der Waals surface area contributed by atoms with Crippen LogP contribution in [0.25, 0.3) is 0 Å². The van der Waals surface area contributed by atoms with Crippen molar-refractivity contribution in [1.82, 2.24) is 10.0 Å². The maximum atomic E-state index is 13.7. The van der Waals surface area contributed by atoms with Crippen LogP contribution < -0.4 is 10.0 Å². The summed E-state index contributed by atoms with van der Waals surface area (Å²) in [5.41, 5.74) is 0.701. The van der Waals surface area contributed by atoms with Gasteiger partial charge in [0, 0.05) is 19.2 Å². The Bertz CT molecular complexity index is 534. The molecule has 0 aliphatic rings. The standard InChI is InChI=1S/C13H21FN2O3S/c1-4-19-9-10(2)16-20(17,18)13-7-11(8-15-3)5-6-12(13)14/h5-7,10,15-16H,4,8-9H2,1-3H3. The van der Waals surface area contributed by atoms with E-state index in [0.717, 1.165) is 6.07 Å². The van der Waals surface area contributed by atoms with Crippen molar-refractivity contribution in [3.8, 4) is 0 Å². The van der Waals surface area contributed by atoms with Gasteiger partial charge in [0.15, 0.2) is 0 Å². The van der Waals surface area contributed by atoms with Crippen molar-refractivity contribution < 1.29 is 17.5 Å². The summed E-state index contributed by atoms with van der Waals surface area (Å²) >= 11 is 0. The van der Waals surface area contributed by atoms with E-state index in [1.807, 2.05) is 6.92 Å². The number of hydrogen-bond donors (Lipinski definition) is 2. The maximum Gasteiger partial charge on any atom is 0.243 e. The fraction of sp³-hybridized carbons (Fsp3) is 0.538. The molecule has 1 aromatic carbocycles. The zero-order chi connectivity index (χ0) is 15.2. The van der Waals surface area contributed by atoms with Crippen molar-refractivity contribution in [3.05, 3.63) is 29.6 Å². The van der Waals surface area contributed by atoms with Crippen molar-refractivity contribution in [2.45, 2.75) is 31.3 Å². The van der Waals surface area contributed by atoms with Gasteiger partial charge < -0.3 is 10.1 Å². The fourth-order valence-electron chi connectivity index (χ4n) is 1.72. The molecule has 0 fully saturated rings. The van der Waals surface area contributed by atoms with Crippen LogP contribution in [-0.4, -0.2) is 34.7 Å². The van der Waals surface area contributed by atoms with Crippen molar-refractivity contribution >= 4 is 10.0 Å². The molecule has 7 heteroatoms. The van der Waals surface area contributed by atoms with Gasteiger partial charge in [-0.1, -0.05) is 6.07 Å². The monoisotopic (exact) mass is 304 g/mol. The summed E-state index contributed by atoms with van der Waals surface area (Å²) in [7, 11) is -2.16. The van der Waals surface area contributed by atoms with Gasteiger partial charge in [0.1, 0.15) is 10.7 Å². The molecule has 0 aromatic heterocycles. The summed E-state index contributed by atoms with van der Waals surface area (Å²) in [5, 5.41) is 2.89. The number of rotatable bonds is 8. The van der Waals surface area contributed by atoms with E-state index >= 15 is 0 Å². The van der Waals surface area contributed by atoms with Gasteiger partial charge in [-0.15, -0.1) is 0 Å². The second-order valence-corrected chi connectivity index (χ2v) is 6.16. The van der Waals surface area contributed by atoms with E-state index in [1.165, 1.54) is 6.07 Å². The van der Waals surface area contributed by atoms with Crippen molar-refractivity contribution in [2.75, 3.05) is 20.3 Å². The van der Waals surface area contributed by atoms with Crippen LogP contribution in [0.1, 0.15) is 19.4 Å². The Hall–Kier alpha value is -1.02. The summed E-state index contributed by atoms with van der Waals surface area (Å²) < 4.78 is 45.6. The molecule has 0 saturated carbocycles. The molecular formula is C13H21FN2O3S. The molecule has 2 N–H and O–H groups in total. The first kappa shape index (κ1) is 17.0. The Morgan fingerprint density at radius 3 is 2.70 bits per heavy atom. The minimum absolute atomic E-state index is 0.244. The number of sulfonamides is 1. The molecule has 0 heterocycles. The van der Waals surface area contributed by atoms with E-state index in [-0.39, 0.29) is 11.5 Å². The topological polar surface area (TPSA) is 67.4 Å². The number of benzene rings is 1. The molecule has 5 nitrogen and oxygen atoms in total. The van der Waals surface area contributed by atoms with Crippen LogP contribution in [0.15, 0.2) is 23.1 Å². The van der Waals surface area contributed by atoms with Crippen molar-refractivity contribution in [1.29, 1.82) is 0 Å². The molecule has 0 bridgehead atoms. The van der Waals surface area contributed by atoms with Crippen LogP contribution in [0.4, 0.5) is 4.39 Å². The lowest BCUT2D eigenvalue weighted by Crippen LogP contribution is -2.36. The Morgan fingerprint density at radius 1 is 1.40 bits per heavy atom. The van der Waals surface area contributed by atoms with Gasteiger partial charge >= 0.3 is 0 Å². The highest BCUT2D eigenvalue weighted by molar-refractivity contribution is 7.89. The third-order valence-corrected chi connectivity index (χ3v) is 4.20. The minimum atomic E-state index is -3.89. The van der Waals surface area contributed by atoms with Gasteiger partial charge in [-0.2, -0.15) is 0 Å². The Kier molecular flexibility index (Phi) is 6.54. The van der Waals surface area contributed by atoms with Gasteiger partial charge in [0.25, 0.3) is 0 Å². The molecule has 20 heavy (non-hydrogen) atoms. The molecule has 114 valence electrons. The fourth-order valence-corrected chi connectivity index (χ4v) is 3.08. The number of nitrogens with one attached hydrogen (secondary N) is 2. The molecule has 0 saturated heterocycles. The lowest BCUT2D eigenvalue weighted by molar-refractivity contribution is 0.133. The second kappa shape index (κ2) is 7.68. The SMILES string of the molecule is CCOCC(C)NS(=O)(=O)c1cc(CNC)ccc1F. The van der Waals surface area contributed by atoms with Gasteiger partial charge in [-0.3, -0.25) is 0 Å². The number of ether oxygens (including phenoxy) is 1. The third-order valence-electron chi connectivity index (χ3n) is 2.59. The predicted octanol–water partition coefficient (Wildman–Crippen LogP) is 1.25. The first-order valence-electron chi connectivity index (χ1n) is 6.43. The van der Waals surface area contributed by atoms with Crippen LogP contribution in [0.5, 0.6) is 0 Å².